The molecule has 2 heterocycles. The fraction of sp³-hybridized carbons (Fsp3) is 0.375. The number of pyridine rings is 1. The third-order valence-corrected chi connectivity index (χ3v) is 5.76. The number of hydrogen-bond acceptors (Lipinski definition) is 4. The van der Waals surface area contributed by atoms with E-state index < -0.39 is 6.10 Å². The number of ether oxygens (including phenoxy) is 2. The number of rotatable bonds is 6. The van der Waals surface area contributed by atoms with Gasteiger partial charge in [0.15, 0.2) is 6.29 Å². The molecule has 1 N–H and O–H groups in total. The van der Waals surface area contributed by atoms with Crippen LogP contribution in [0.3, 0.4) is 0 Å². The second-order valence-corrected chi connectivity index (χ2v) is 7.85. The van der Waals surface area contributed by atoms with Gasteiger partial charge >= 0.3 is 0 Å². The molecule has 2 aromatic carbocycles. The van der Waals surface area contributed by atoms with Crippen molar-refractivity contribution in [3.8, 4) is 11.1 Å². The number of aromatic nitrogens is 1. The molecule has 1 atom stereocenters. The SMILES string of the molecule is OC(CCC1OCCO1)c1c(C2CC2)nc2ccccc2c1-c1ccc(F)cc1. The Balaban J connectivity index is 1.64. The molecule has 0 spiro atoms. The highest BCUT2D eigenvalue weighted by Gasteiger charge is 2.33. The Morgan fingerprint density at radius 3 is 2.48 bits per heavy atom. The summed E-state index contributed by atoms with van der Waals surface area (Å²) < 4.78 is 24.7. The van der Waals surface area contributed by atoms with Crippen molar-refractivity contribution in [3.63, 3.8) is 0 Å². The van der Waals surface area contributed by atoms with E-state index in [1.54, 1.807) is 12.1 Å². The van der Waals surface area contributed by atoms with Crippen molar-refractivity contribution in [3.05, 3.63) is 65.6 Å². The number of nitrogens with zero attached hydrogens (tertiary/aromatic N) is 1. The zero-order valence-corrected chi connectivity index (χ0v) is 16.2. The molecule has 0 radical (unpaired) electrons. The van der Waals surface area contributed by atoms with E-state index >= 15 is 0 Å². The summed E-state index contributed by atoms with van der Waals surface area (Å²) in [7, 11) is 0. The van der Waals surface area contributed by atoms with Crippen LogP contribution in [0.15, 0.2) is 48.5 Å². The minimum atomic E-state index is -0.685. The highest BCUT2D eigenvalue weighted by molar-refractivity contribution is 5.97. The fourth-order valence-electron chi connectivity index (χ4n) is 4.19. The van der Waals surface area contributed by atoms with Crippen LogP contribution in [-0.4, -0.2) is 29.6 Å². The molecule has 1 aliphatic carbocycles. The van der Waals surface area contributed by atoms with Crippen molar-refractivity contribution in [2.75, 3.05) is 13.2 Å². The molecular weight excluding hydrogens is 369 g/mol. The molecule has 1 aliphatic heterocycles. The predicted molar refractivity (Wildman–Crippen MR) is 109 cm³/mol. The van der Waals surface area contributed by atoms with Gasteiger partial charge in [0.25, 0.3) is 0 Å². The average molecular weight is 393 g/mol. The molecule has 150 valence electrons. The highest BCUT2D eigenvalue weighted by Crippen LogP contribution is 2.47. The van der Waals surface area contributed by atoms with E-state index in [9.17, 15) is 9.50 Å². The Labute approximate surface area is 169 Å². The van der Waals surface area contributed by atoms with Gasteiger partial charge in [-0.2, -0.15) is 0 Å². The maximum absolute atomic E-state index is 13.6. The number of hydrogen-bond donors (Lipinski definition) is 1. The Kier molecular flexibility index (Phi) is 5.04. The summed E-state index contributed by atoms with van der Waals surface area (Å²) in [6, 6.07) is 14.5. The first-order chi connectivity index (χ1) is 14.2. The quantitative estimate of drug-likeness (QED) is 0.633. The third kappa shape index (κ3) is 3.78. The first-order valence-electron chi connectivity index (χ1n) is 10.3. The van der Waals surface area contributed by atoms with Crippen LogP contribution in [0.5, 0.6) is 0 Å². The molecule has 4 nitrogen and oxygen atoms in total. The van der Waals surface area contributed by atoms with Crippen molar-refractivity contribution in [1.29, 1.82) is 0 Å². The van der Waals surface area contributed by atoms with Crippen molar-refractivity contribution in [2.45, 2.75) is 44.0 Å². The maximum atomic E-state index is 13.6. The second-order valence-electron chi connectivity index (χ2n) is 7.85. The minimum absolute atomic E-state index is 0.253. The summed E-state index contributed by atoms with van der Waals surface area (Å²) in [5.74, 6) is 0.106. The van der Waals surface area contributed by atoms with E-state index in [-0.39, 0.29) is 12.1 Å². The second kappa shape index (κ2) is 7.82. The lowest BCUT2D eigenvalue weighted by atomic mass is 9.88. The van der Waals surface area contributed by atoms with Crippen molar-refractivity contribution in [2.24, 2.45) is 0 Å². The zero-order valence-electron chi connectivity index (χ0n) is 16.2. The van der Waals surface area contributed by atoms with Gasteiger partial charge in [-0.25, -0.2) is 4.39 Å². The number of aliphatic hydroxyl groups excluding tert-OH is 1. The van der Waals surface area contributed by atoms with Crippen molar-refractivity contribution in [1.82, 2.24) is 4.98 Å². The van der Waals surface area contributed by atoms with Crippen LogP contribution in [0.4, 0.5) is 4.39 Å². The lowest BCUT2D eigenvalue weighted by molar-refractivity contribution is -0.0542. The molecule has 1 saturated carbocycles. The molecule has 1 aromatic heterocycles. The molecule has 0 bridgehead atoms. The number of aliphatic hydroxyl groups is 1. The number of halogens is 1. The fourth-order valence-corrected chi connectivity index (χ4v) is 4.19. The van der Waals surface area contributed by atoms with Gasteiger partial charge < -0.3 is 14.6 Å². The smallest absolute Gasteiger partial charge is 0.157 e. The van der Waals surface area contributed by atoms with E-state index in [1.165, 1.54) is 12.1 Å². The van der Waals surface area contributed by atoms with Crippen molar-refractivity contribution < 1.29 is 19.0 Å². The van der Waals surface area contributed by atoms with Crippen LogP contribution in [0, 0.1) is 5.82 Å². The van der Waals surface area contributed by atoms with Gasteiger partial charge in [-0.3, -0.25) is 4.98 Å². The van der Waals surface area contributed by atoms with Crippen LogP contribution in [0.2, 0.25) is 0 Å². The van der Waals surface area contributed by atoms with Crippen LogP contribution >= 0.6 is 0 Å². The first kappa shape index (κ1) is 18.7. The van der Waals surface area contributed by atoms with Gasteiger partial charge in [-0.05, 0) is 48.6 Å². The monoisotopic (exact) mass is 393 g/mol. The Morgan fingerprint density at radius 1 is 1.03 bits per heavy atom. The molecule has 0 amide bonds. The number of benzene rings is 2. The lowest BCUT2D eigenvalue weighted by Crippen LogP contribution is -2.12. The normalized spacial score (nSPS) is 18.4. The van der Waals surface area contributed by atoms with Crippen LogP contribution in [-0.2, 0) is 9.47 Å². The van der Waals surface area contributed by atoms with Gasteiger partial charge in [0.1, 0.15) is 5.82 Å². The van der Waals surface area contributed by atoms with E-state index in [4.69, 9.17) is 14.5 Å². The summed E-state index contributed by atoms with van der Waals surface area (Å²) in [6.45, 7) is 1.21. The van der Waals surface area contributed by atoms with Gasteiger partial charge in [0.2, 0.25) is 0 Å². The van der Waals surface area contributed by atoms with Crippen molar-refractivity contribution >= 4 is 10.9 Å². The van der Waals surface area contributed by atoms with Gasteiger partial charge in [0, 0.05) is 23.3 Å². The molecule has 5 heteroatoms. The minimum Gasteiger partial charge on any atom is -0.388 e. The molecule has 3 aromatic rings. The summed E-state index contributed by atoms with van der Waals surface area (Å²) >= 11 is 0. The first-order valence-corrected chi connectivity index (χ1v) is 10.3. The summed E-state index contributed by atoms with van der Waals surface area (Å²) in [5, 5.41) is 12.2. The number of para-hydroxylation sites is 1. The molecule has 1 unspecified atom stereocenters. The summed E-state index contributed by atoms with van der Waals surface area (Å²) in [4.78, 5) is 4.95. The number of fused-ring (bicyclic) bond motifs is 1. The summed E-state index contributed by atoms with van der Waals surface area (Å²) in [6.07, 6.45) is 2.39. The topological polar surface area (TPSA) is 51.6 Å². The molecule has 1 saturated heterocycles. The van der Waals surface area contributed by atoms with Gasteiger partial charge in [0.05, 0.1) is 30.5 Å². The van der Waals surface area contributed by atoms with Gasteiger partial charge in [-0.1, -0.05) is 30.3 Å². The van der Waals surface area contributed by atoms with E-state index in [0.29, 0.717) is 32.0 Å². The summed E-state index contributed by atoms with van der Waals surface area (Å²) in [5.41, 5.74) is 4.61. The van der Waals surface area contributed by atoms with Crippen LogP contribution in [0.1, 0.15) is 49.0 Å². The zero-order chi connectivity index (χ0) is 19.8. The Morgan fingerprint density at radius 2 is 1.76 bits per heavy atom. The van der Waals surface area contributed by atoms with Crippen LogP contribution < -0.4 is 0 Å². The third-order valence-electron chi connectivity index (χ3n) is 5.76. The van der Waals surface area contributed by atoms with Gasteiger partial charge in [-0.15, -0.1) is 0 Å². The molecule has 29 heavy (non-hydrogen) atoms. The predicted octanol–water partition coefficient (Wildman–Crippen LogP) is 5.10. The van der Waals surface area contributed by atoms with E-state index in [0.717, 1.165) is 46.1 Å². The standard InChI is InChI=1S/C24H24FNO3/c25-17-9-7-15(8-10-17)22-18-3-1-2-4-19(18)26-24(16-5-6-16)23(22)20(27)11-12-21-28-13-14-29-21/h1-4,7-10,16,20-21,27H,5-6,11-14H2. The molecule has 2 fully saturated rings. The molecular formula is C24H24FNO3. The Hall–Kier alpha value is -2.34. The molecule has 5 rings (SSSR count). The van der Waals surface area contributed by atoms with Crippen LogP contribution in [0.25, 0.3) is 22.0 Å². The van der Waals surface area contributed by atoms with E-state index in [1.807, 2.05) is 24.3 Å². The Bertz CT molecular complexity index is 1010. The molecule has 2 aliphatic rings. The lowest BCUT2D eigenvalue weighted by Gasteiger charge is -2.22. The highest BCUT2D eigenvalue weighted by atomic mass is 19.1. The van der Waals surface area contributed by atoms with E-state index in [2.05, 4.69) is 0 Å². The largest absolute Gasteiger partial charge is 0.388 e. The maximum Gasteiger partial charge on any atom is 0.157 e. The average Bonchev–Trinajstić information content (AvgIpc) is 3.46.